The normalized spacial score (nSPS) is 12.5. The minimum atomic E-state index is -2.41. The fourth-order valence-electron chi connectivity index (χ4n) is 5.82. The molecular weight excluding hydrogens is 690 g/mol. The summed E-state index contributed by atoms with van der Waals surface area (Å²) in [5, 5.41) is 2.49. The van der Waals surface area contributed by atoms with Crippen LogP contribution in [0.3, 0.4) is 0 Å². The molecule has 2 aromatic rings. The van der Waals surface area contributed by atoms with Gasteiger partial charge < -0.3 is 0 Å². The van der Waals surface area contributed by atoms with Crippen LogP contribution >= 0.6 is 22.7 Å². The molecule has 0 atom stereocenters. The van der Waals surface area contributed by atoms with Gasteiger partial charge in [-0.05, 0) is 0 Å². The van der Waals surface area contributed by atoms with Crippen LogP contribution < -0.4 is 5.79 Å². The van der Waals surface area contributed by atoms with E-state index in [1.54, 1.807) is 5.79 Å². The summed E-state index contributed by atoms with van der Waals surface area (Å²) in [6, 6.07) is 0. The van der Waals surface area contributed by atoms with Crippen LogP contribution in [0.5, 0.6) is 0 Å². The van der Waals surface area contributed by atoms with Crippen molar-refractivity contribution in [3.63, 3.8) is 0 Å². The quantitative estimate of drug-likeness (QED) is 0.119. The summed E-state index contributed by atoms with van der Waals surface area (Å²) in [6.07, 6.45) is 21.2. The average molecular weight is 746 g/mol. The molecule has 0 unspecified atom stereocenters. The van der Waals surface area contributed by atoms with Crippen molar-refractivity contribution in [1.82, 2.24) is 9.97 Å². The summed E-state index contributed by atoms with van der Waals surface area (Å²) in [6.45, 7) is 14.2. The maximum absolute atomic E-state index is 5.10. The van der Waals surface area contributed by atoms with Gasteiger partial charge in [0.1, 0.15) is 0 Å². The second kappa shape index (κ2) is 18.3. The van der Waals surface area contributed by atoms with Crippen molar-refractivity contribution < 1.29 is 0 Å². The Hall–Kier alpha value is 0.857. The van der Waals surface area contributed by atoms with E-state index in [2.05, 4.69) is 76.6 Å². The Morgan fingerprint density at radius 1 is 0.472 bits per heavy atom. The summed E-state index contributed by atoms with van der Waals surface area (Å²) in [5.74, 6) is 0. The Labute approximate surface area is 240 Å². The minimum absolute atomic E-state index is 1.24. The van der Waals surface area contributed by atoms with Gasteiger partial charge in [-0.2, -0.15) is 0 Å². The van der Waals surface area contributed by atoms with E-state index in [1.165, 1.54) is 114 Å². The summed E-state index contributed by atoms with van der Waals surface area (Å²) in [5.41, 5.74) is 0. The maximum atomic E-state index is 5.10. The molecule has 0 aliphatic heterocycles. The number of nitrogens with zero attached hydrogens (tertiary/aromatic N) is 2. The van der Waals surface area contributed by atoms with E-state index in [9.17, 15) is 0 Å². The van der Waals surface area contributed by atoms with Crippen LogP contribution in [0.4, 0.5) is 0 Å². The molecule has 0 aliphatic rings. The number of hydrogen-bond donors (Lipinski definition) is 0. The molecule has 0 radical (unpaired) electrons. The van der Waals surface area contributed by atoms with Gasteiger partial charge in [0, 0.05) is 0 Å². The first-order valence-electron chi connectivity index (χ1n) is 15.5. The van der Waals surface area contributed by atoms with Crippen LogP contribution in [0.2, 0.25) is 26.6 Å². The number of hydrogen-bond acceptors (Lipinski definition) is 4. The molecule has 2 aromatic heterocycles. The van der Waals surface area contributed by atoms with Crippen molar-refractivity contribution in [3.8, 4) is 10.0 Å². The van der Waals surface area contributed by atoms with Crippen molar-refractivity contribution in [2.24, 2.45) is 0 Å². The first-order valence-corrected chi connectivity index (χ1v) is 32.1. The predicted molar refractivity (Wildman–Crippen MR) is 172 cm³/mol. The summed E-state index contributed by atoms with van der Waals surface area (Å²) in [4.78, 5) is 10.2. The van der Waals surface area contributed by atoms with Crippen molar-refractivity contribution in [3.05, 3.63) is 12.4 Å². The Bertz CT molecular complexity index is 721. The van der Waals surface area contributed by atoms with Gasteiger partial charge in [-0.1, -0.05) is 0 Å². The van der Waals surface area contributed by atoms with Crippen LogP contribution in [0.15, 0.2) is 12.4 Å². The van der Waals surface area contributed by atoms with Crippen molar-refractivity contribution >= 4 is 65.2 Å². The monoisotopic (exact) mass is 748 g/mol. The molecule has 0 N–H and O–H groups in total. The Kier molecular flexibility index (Phi) is 16.8. The van der Waals surface area contributed by atoms with E-state index < -0.39 is 36.8 Å². The van der Waals surface area contributed by atoms with Gasteiger partial charge in [0.25, 0.3) is 0 Å². The van der Waals surface area contributed by atoms with Gasteiger partial charge in [-0.3, -0.25) is 0 Å². The number of thiazole rings is 2. The van der Waals surface area contributed by atoms with Crippen LogP contribution in [0.1, 0.15) is 119 Å². The summed E-state index contributed by atoms with van der Waals surface area (Å²) >= 11 is -0.666. The van der Waals surface area contributed by atoms with E-state index in [0.717, 1.165) is 0 Å². The molecule has 0 aliphatic carbocycles. The standard InChI is InChI=1S/C6H2N2S2.6C4H9.2Sn/c1-3-9-5(7-1)6-8-2-4-10-6;6*1-3-4-2;;/h1-2H;6*1,3-4H2,2H3;;. The van der Waals surface area contributed by atoms with Crippen LogP contribution in [-0.2, 0) is 0 Å². The Morgan fingerprint density at radius 3 is 0.944 bits per heavy atom. The third kappa shape index (κ3) is 9.50. The second-order valence-electron chi connectivity index (χ2n) is 11.2. The third-order valence-electron chi connectivity index (χ3n) is 8.29. The molecule has 2 heterocycles. The molecular formula is C30H56N2S2Sn2. The molecule has 0 amide bonds. The molecule has 0 fully saturated rings. The van der Waals surface area contributed by atoms with Gasteiger partial charge in [-0.25, -0.2) is 0 Å². The van der Waals surface area contributed by atoms with Crippen molar-refractivity contribution in [1.29, 1.82) is 0 Å². The molecule has 6 heteroatoms. The zero-order chi connectivity index (χ0) is 26.3. The second-order valence-corrected chi connectivity index (χ2v) is 41.6. The van der Waals surface area contributed by atoms with E-state index in [-0.39, 0.29) is 0 Å². The van der Waals surface area contributed by atoms with E-state index in [0.29, 0.717) is 0 Å². The number of rotatable bonds is 21. The average Bonchev–Trinajstić information content (AvgIpc) is 3.59. The molecule has 0 bridgehead atoms. The number of unbranched alkanes of at least 4 members (excludes halogenated alkanes) is 6. The predicted octanol–water partition coefficient (Wildman–Crippen LogP) is 10.4. The Balaban J connectivity index is 2.41. The van der Waals surface area contributed by atoms with Gasteiger partial charge in [0.2, 0.25) is 0 Å². The molecule has 0 saturated heterocycles. The van der Waals surface area contributed by atoms with Crippen LogP contribution in [-0.4, -0.2) is 46.7 Å². The van der Waals surface area contributed by atoms with Gasteiger partial charge >= 0.3 is 243 Å². The first kappa shape index (κ1) is 33.1. The van der Waals surface area contributed by atoms with Gasteiger partial charge in [0.05, 0.1) is 0 Å². The molecule has 0 saturated carbocycles. The fraction of sp³-hybridized carbons (Fsp3) is 0.800. The Morgan fingerprint density at radius 2 is 0.722 bits per heavy atom. The molecule has 2 nitrogen and oxygen atoms in total. The molecule has 2 rings (SSSR count). The topological polar surface area (TPSA) is 25.8 Å². The zero-order valence-corrected chi connectivity index (χ0v) is 31.9. The first-order chi connectivity index (χ1) is 17.5. The fourth-order valence-corrected chi connectivity index (χ4v) is 45.2. The third-order valence-corrected chi connectivity index (χ3v) is 46.8. The van der Waals surface area contributed by atoms with Crippen LogP contribution in [0, 0.1) is 0 Å². The molecule has 0 aromatic carbocycles. The van der Waals surface area contributed by atoms with Crippen LogP contribution in [0.25, 0.3) is 10.0 Å². The van der Waals surface area contributed by atoms with E-state index >= 15 is 0 Å². The summed E-state index contributed by atoms with van der Waals surface area (Å²) < 4.78 is 12.7. The SMILES string of the molecule is CCC[CH2][Sn]([CH2]CCC)([CH2]CCC)[c]1cnc(-c2nc[c]([Sn]([CH2]CCC)([CH2]CCC)[CH2]CCC)s2)s1. The molecule has 0 spiro atoms. The molecule has 206 valence electrons. The van der Waals surface area contributed by atoms with Crippen molar-refractivity contribution in [2.75, 3.05) is 0 Å². The van der Waals surface area contributed by atoms with Gasteiger partial charge in [0.15, 0.2) is 0 Å². The van der Waals surface area contributed by atoms with Crippen molar-refractivity contribution in [2.45, 2.75) is 145 Å². The molecule has 36 heavy (non-hydrogen) atoms. The van der Waals surface area contributed by atoms with E-state index in [1.807, 2.05) is 0 Å². The number of aromatic nitrogens is 2. The zero-order valence-electron chi connectivity index (χ0n) is 24.6. The van der Waals surface area contributed by atoms with E-state index in [4.69, 9.17) is 9.97 Å². The van der Waals surface area contributed by atoms with Gasteiger partial charge in [-0.15, -0.1) is 0 Å². The summed E-state index contributed by atoms with van der Waals surface area (Å²) in [7, 11) is 0.